The molecule has 2 heterocycles. The highest BCUT2D eigenvalue weighted by atomic mass is 15.3. The van der Waals surface area contributed by atoms with Gasteiger partial charge in [-0.15, -0.1) is 0 Å². The molecular weight excluding hydrogens is 330 g/mol. The minimum absolute atomic E-state index is 0.908. The zero-order chi connectivity index (χ0) is 18.5. The third kappa shape index (κ3) is 5.19. The van der Waals surface area contributed by atoms with E-state index < -0.39 is 0 Å². The predicted octanol–water partition coefficient (Wildman–Crippen LogP) is -0.474. The molecule has 2 saturated heterocycles. The molecule has 4 rings (SSSR count). The van der Waals surface area contributed by atoms with Crippen molar-refractivity contribution in [2.45, 2.75) is 38.9 Å². The average Bonchev–Trinajstić information content (AvgIpc) is 2.72. The van der Waals surface area contributed by atoms with Gasteiger partial charge in [0.1, 0.15) is 39.3 Å². The van der Waals surface area contributed by atoms with Gasteiger partial charge in [0.25, 0.3) is 0 Å². The lowest BCUT2D eigenvalue weighted by molar-refractivity contribution is -1.04. The molecule has 3 nitrogen and oxygen atoms in total. The summed E-state index contributed by atoms with van der Waals surface area (Å²) in [5.41, 5.74) is 4.35. The Morgan fingerprint density at radius 3 is 1.85 bits per heavy atom. The monoisotopic (exact) mass is 366 g/mol. The highest BCUT2D eigenvalue weighted by Gasteiger charge is 2.33. The summed E-state index contributed by atoms with van der Waals surface area (Å²) in [5.74, 6) is 0. The Labute approximate surface area is 164 Å². The Morgan fingerprint density at radius 1 is 0.667 bits per heavy atom. The molecule has 2 aromatic carbocycles. The quantitative estimate of drug-likeness (QED) is 0.633. The van der Waals surface area contributed by atoms with Gasteiger partial charge in [0.2, 0.25) is 0 Å². The Kier molecular flexibility index (Phi) is 6.23. The molecule has 2 aliphatic rings. The highest BCUT2D eigenvalue weighted by molar-refractivity contribution is 5.20. The van der Waals surface area contributed by atoms with E-state index >= 15 is 0 Å². The van der Waals surface area contributed by atoms with Gasteiger partial charge in [0, 0.05) is 24.0 Å². The second kappa shape index (κ2) is 9.01. The molecule has 2 fully saturated rings. The fourth-order valence-electron chi connectivity index (χ4n) is 5.00. The van der Waals surface area contributed by atoms with Gasteiger partial charge in [-0.2, -0.15) is 0 Å². The van der Waals surface area contributed by atoms with Gasteiger partial charge in [-0.25, -0.2) is 0 Å². The second-order valence-electron chi connectivity index (χ2n) is 8.76. The summed E-state index contributed by atoms with van der Waals surface area (Å²) in [6.45, 7) is 12.7. The molecule has 0 atom stereocenters. The van der Waals surface area contributed by atoms with Crippen LogP contribution in [0.25, 0.3) is 0 Å². The van der Waals surface area contributed by atoms with Crippen molar-refractivity contribution in [3.8, 4) is 0 Å². The fourth-order valence-corrected chi connectivity index (χ4v) is 5.00. The number of quaternary nitrogens is 3. The van der Waals surface area contributed by atoms with E-state index in [-0.39, 0.29) is 0 Å². The van der Waals surface area contributed by atoms with Crippen LogP contribution in [0.3, 0.4) is 0 Å². The lowest BCUT2D eigenvalue weighted by Gasteiger charge is -2.37. The van der Waals surface area contributed by atoms with Crippen LogP contribution in [0.2, 0.25) is 0 Å². The van der Waals surface area contributed by atoms with Crippen LogP contribution in [0.4, 0.5) is 0 Å². The second-order valence-corrected chi connectivity index (χ2v) is 8.76. The molecule has 2 aliphatic heterocycles. The van der Waals surface area contributed by atoms with Crippen molar-refractivity contribution in [2.24, 2.45) is 0 Å². The van der Waals surface area contributed by atoms with Crippen LogP contribution in [-0.2, 0) is 13.1 Å². The third-order valence-electron chi connectivity index (χ3n) is 6.74. The molecule has 0 bridgehead atoms. The van der Waals surface area contributed by atoms with Crippen molar-refractivity contribution in [1.29, 1.82) is 0 Å². The normalized spacial score (nSPS) is 28.8. The van der Waals surface area contributed by atoms with Crippen LogP contribution in [0, 0.1) is 6.92 Å². The SMILES string of the molecule is Cc1ccc(C[NH+]2CC[NH+](C3CC[NH+](Cc4ccccc4)CC3)CC2)cc1. The molecular formula is C24H36N3+3. The van der Waals surface area contributed by atoms with Crippen LogP contribution in [-0.4, -0.2) is 45.3 Å². The van der Waals surface area contributed by atoms with Crippen LogP contribution in [0.15, 0.2) is 54.6 Å². The van der Waals surface area contributed by atoms with E-state index in [1.807, 2.05) is 4.90 Å². The lowest BCUT2D eigenvalue weighted by Crippen LogP contribution is -3.30. The summed E-state index contributed by atoms with van der Waals surface area (Å²) in [5, 5.41) is 0. The van der Waals surface area contributed by atoms with Crippen LogP contribution in [0.1, 0.15) is 29.5 Å². The zero-order valence-electron chi connectivity index (χ0n) is 16.8. The van der Waals surface area contributed by atoms with Crippen molar-refractivity contribution in [3.05, 3.63) is 71.3 Å². The first-order valence-electron chi connectivity index (χ1n) is 10.9. The minimum Gasteiger partial charge on any atom is -0.331 e. The molecule has 0 unspecified atom stereocenters. The summed E-state index contributed by atoms with van der Waals surface area (Å²) < 4.78 is 0. The average molecular weight is 367 g/mol. The van der Waals surface area contributed by atoms with E-state index in [1.54, 1.807) is 9.80 Å². The number of aryl methyl sites for hydroxylation is 1. The van der Waals surface area contributed by atoms with E-state index in [1.165, 1.54) is 81.9 Å². The van der Waals surface area contributed by atoms with Crippen molar-refractivity contribution in [2.75, 3.05) is 39.3 Å². The van der Waals surface area contributed by atoms with Gasteiger partial charge >= 0.3 is 0 Å². The maximum absolute atomic E-state index is 2.31. The van der Waals surface area contributed by atoms with Crippen LogP contribution in [0.5, 0.6) is 0 Å². The van der Waals surface area contributed by atoms with Crippen LogP contribution >= 0.6 is 0 Å². The summed E-state index contributed by atoms with van der Waals surface area (Å²) >= 11 is 0. The topological polar surface area (TPSA) is 13.3 Å². The van der Waals surface area contributed by atoms with Gasteiger partial charge in [0.05, 0.1) is 19.1 Å². The summed E-state index contributed by atoms with van der Waals surface area (Å²) in [6.07, 6.45) is 2.82. The van der Waals surface area contributed by atoms with E-state index in [9.17, 15) is 0 Å². The number of nitrogens with one attached hydrogen (secondary N) is 3. The largest absolute Gasteiger partial charge is 0.331 e. The molecule has 0 saturated carbocycles. The Balaban J connectivity index is 1.20. The molecule has 2 aromatic rings. The number of rotatable bonds is 5. The van der Waals surface area contributed by atoms with E-state index in [2.05, 4.69) is 61.5 Å². The van der Waals surface area contributed by atoms with Gasteiger partial charge < -0.3 is 14.7 Å². The van der Waals surface area contributed by atoms with Crippen molar-refractivity contribution in [1.82, 2.24) is 0 Å². The number of piperidine rings is 1. The van der Waals surface area contributed by atoms with Gasteiger partial charge in [-0.1, -0.05) is 60.2 Å². The standard InChI is InChI=1S/C24H33N3/c1-21-7-9-23(10-8-21)20-26-15-17-27(18-16-26)24-11-13-25(14-12-24)19-22-5-3-2-4-6-22/h2-10,24H,11-20H2,1H3/p+3. The number of hydrogen-bond donors (Lipinski definition) is 3. The first kappa shape index (κ1) is 18.7. The molecule has 0 aromatic heterocycles. The van der Waals surface area contributed by atoms with Crippen molar-refractivity contribution >= 4 is 0 Å². The van der Waals surface area contributed by atoms with Crippen LogP contribution < -0.4 is 14.7 Å². The zero-order valence-corrected chi connectivity index (χ0v) is 16.8. The van der Waals surface area contributed by atoms with Gasteiger partial charge in [0.15, 0.2) is 0 Å². The molecule has 0 radical (unpaired) electrons. The molecule has 3 N–H and O–H groups in total. The Bertz CT molecular complexity index is 681. The van der Waals surface area contributed by atoms with E-state index in [0.717, 1.165) is 6.04 Å². The highest BCUT2D eigenvalue weighted by Crippen LogP contribution is 2.02. The predicted molar refractivity (Wildman–Crippen MR) is 110 cm³/mol. The first-order chi connectivity index (χ1) is 13.3. The van der Waals surface area contributed by atoms with Crippen molar-refractivity contribution < 1.29 is 14.7 Å². The molecule has 3 heteroatoms. The van der Waals surface area contributed by atoms with Crippen molar-refractivity contribution in [3.63, 3.8) is 0 Å². The molecule has 0 aliphatic carbocycles. The number of likely N-dealkylation sites (tertiary alicyclic amines) is 1. The minimum atomic E-state index is 0.908. The van der Waals surface area contributed by atoms with Gasteiger partial charge in [-0.05, 0) is 6.92 Å². The summed E-state index contributed by atoms with van der Waals surface area (Å²) in [4.78, 5) is 5.44. The molecule has 0 spiro atoms. The van der Waals surface area contributed by atoms with E-state index in [0.29, 0.717) is 0 Å². The molecule has 0 amide bonds. The smallest absolute Gasteiger partial charge is 0.127 e. The Hall–Kier alpha value is -1.68. The number of benzene rings is 2. The number of hydrogen-bond acceptors (Lipinski definition) is 0. The van der Waals surface area contributed by atoms with Gasteiger partial charge in [-0.3, -0.25) is 0 Å². The summed E-state index contributed by atoms with van der Waals surface area (Å²) in [7, 11) is 0. The lowest BCUT2D eigenvalue weighted by atomic mass is 10.0. The molecule has 27 heavy (non-hydrogen) atoms. The first-order valence-corrected chi connectivity index (χ1v) is 10.9. The Morgan fingerprint density at radius 2 is 1.22 bits per heavy atom. The summed E-state index contributed by atoms with van der Waals surface area (Å²) in [6, 6.07) is 21.1. The maximum atomic E-state index is 2.31. The van der Waals surface area contributed by atoms with E-state index in [4.69, 9.17) is 0 Å². The number of piperazine rings is 1. The molecule has 144 valence electrons. The third-order valence-corrected chi connectivity index (χ3v) is 6.74. The maximum Gasteiger partial charge on any atom is 0.127 e. The fraction of sp³-hybridized carbons (Fsp3) is 0.500.